The number of carbonyl (C=O) groups excluding carboxylic acids is 2. The van der Waals surface area contributed by atoms with Crippen LogP contribution in [0.1, 0.15) is 239 Å². The number of hydrogen-bond acceptors (Lipinski definition) is 5. The summed E-state index contributed by atoms with van der Waals surface area (Å²) in [6, 6.07) is -0.737. The van der Waals surface area contributed by atoms with Crippen molar-refractivity contribution in [1.29, 1.82) is 0 Å². The highest BCUT2D eigenvalue weighted by molar-refractivity contribution is 5.77. The second-order valence-corrected chi connectivity index (χ2v) is 17.6. The van der Waals surface area contributed by atoms with Gasteiger partial charge >= 0.3 is 5.97 Å². The molecule has 6 nitrogen and oxygen atoms in total. The van der Waals surface area contributed by atoms with Gasteiger partial charge in [0.1, 0.15) is 6.10 Å². The Balaban J connectivity index is 4.72. The number of ether oxygens (including phenoxy) is 1. The van der Waals surface area contributed by atoms with Crippen LogP contribution in [0, 0.1) is 0 Å². The molecule has 362 valence electrons. The van der Waals surface area contributed by atoms with Crippen molar-refractivity contribution in [2.24, 2.45) is 0 Å². The molecule has 1 amide bonds. The summed E-state index contributed by atoms with van der Waals surface area (Å²) in [6.45, 7) is 6.38. The molecule has 0 spiro atoms. The third kappa shape index (κ3) is 45.4. The smallest absolute Gasteiger partial charge is 0.306 e. The molecule has 0 aromatic carbocycles. The summed E-state index contributed by atoms with van der Waals surface area (Å²) >= 11 is 0. The van der Waals surface area contributed by atoms with Crippen molar-refractivity contribution in [1.82, 2.24) is 5.32 Å². The zero-order chi connectivity index (χ0) is 45.9. The van der Waals surface area contributed by atoms with Gasteiger partial charge in [0.2, 0.25) is 5.91 Å². The van der Waals surface area contributed by atoms with E-state index in [4.69, 9.17) is 4.74 Å². The fraction of sp³-hybridized carbons (Fsp3) is 0.719. The minimum atomic E-state index is -0.816. The van der Waals surface area contributed by atoms with Gasteiger partial charge in [-0.3, -0.25) is 9.59 Å². The van der Waals surface area contributed by atoms with Crippen LogP contribution >= 0.6 is 0 Å². The van der Waals surface area contributed by atoms with E-state index in [1.54, 1.807) is 0 Å². The van der Waals surface area contributed by atoms with Crippen molar-refractivity contribution in [3.8, 4) is 0 Å². The van der Waals surface area contributed by atoms with Gasteiger partial charge in [0.25, 0.3) is 0 Å². The molecular weight excluding hydrogens is 779 g/mol. The topological polar surface area (TPSA) is 95.9 Å². The highest BCUT2D eigenvalue weighted by Crippen LogP contribution is 2.16. The zero-order valence-corrected chi connectivity index (χ0v) is 41.2. The summed E-state index contributed by atoms with van der Waals surface area (Å²) in [5.41, 5.74) is 0. The summed E-state index contributed by atoms with van der Waals surface area (Å²) in [6.07, 6.45) is 65.1. The van der Waals surface area contributed by atoms with Gasteiger partial charge in [-0.05, 0) is 83.5 Å². The second kappa shape index (κ2) is 50.0. The largest absolute Gasteiger partial charge is 0.461 e. The first-order valence-electron chi connectivity index (χ1n) is 26.3. The van der Waals surface area contributed by atoms with E-state index >= 15 is 0 Å². The SMILES string of the molecule is CCCCC/C=C\C/C=C\C/C=C\C/C=C\CC(CC(=O)NC(CO)C(O)CCCCCCCCCCCC)OC(=O)CCCCCCCC/C=C\C/C=C\C/C=C\CCCCC. The quantitative estimate of drug-likeness (QED) is 0.0322. The van der Waals surface area contributed by atoms with Crippen molar-refractivity contribution in [3.05, 3.63) is 85.1 Å². The average molecular weight is 878 g/mol. The maximum absolute atomic E-state index is 13.2. The number of hydrogen-bond donors (Lipinski definition) is 3. The molecule has 3 atom stereocenters. The van der Waals surface area contributed by atoms with Crippen LogP contribution in [0.4, 0.5) is 0 Å². The Morgan fingerprint density at radius 1 is 0.476 bits per heavy atom. The van der Waals surface area contributed by atoms with Crippen LogP contribution in [-0.2, 0) is 14.3 Å². The van der Waals surface area contributed by atoms with Crippen molar-refractivity contribution >= 4 is 11.9 Å². The molecule has 0 heterocycles. The Labute approximate surface area is 389 Å². The number of rotatable bonds is 46. The van der Waals surface area contributed by atoms with Crippen LogP contribution in [0.5, 0.6) is 0 Å². The molecule has 6 heteroatoms. The minimum Gasteiger partial charge on any atom is -0.461 e. The predicted octanol–water partition coefficient (Wildman–Crippen LogP) is 16.0. The number of nitrogens with one attached hydrogen (secondary N) is 1. The van der Waals surface area contributed by atoms with E-state index in [1.165, 1.54) is 116 Å². The van der Waals surface area contributed by atoms with Crippen LogP contribution < -0.4 is 5.32 Å². The molecule has 0 aliphatic heterocycles. The van der Waals surface area contributed by atoms with Gasteiger partial charge in [-0.25, -0.2) is 0 Å². The van der Waals surface area contributed by atoms with Gasteiger partial charge in [-0.15, -0.1) is 0 Å². The third-order valence-corrected chi connectivity index (χ3v) is 11.4. The van der Waals surface area contributed by atoms with E-state index in [1.807, 2.05) is 12.2 Å². The van der Waals surface area contributed by atoms with Crippen LogP contribution in [-0.4, -0.2) is 46.9 Å². The van der Waals surface area contributed by atoms with E-state index in [0.29, 0.717) is 19.3 Å². The first kappa shape index (κ1) is 60.0. The normalized spacial score (nSPS) is 13.9. The average Bonchev–Trinajstić information content (AvgIpc) is 3.28. The summed E-state index contributed by atoms with van der Waals surface area (Å²) in [5, 5.41) is 23.7. The molecule has 0 aliphatic carbocycles. The molecule has 0 saturated heterocycles. The zero-order valence-electron chi connectivity index (χ0n) is 41.2. The number of amides is 1. The Morgan fingerprint density at radius 3 is 1.30 bits per heavy atom. The Hall–Kier alpha value is -2.96. The standard InChI is InChI=1S/C57H99NO5/c1-4-7-10-13-16-19-22-24-26-27-28-29-31-33-35-38-41-44-47-50-57(62)63-53(48-45-42-39-36-34-32-30-25-23-20-17-14-11-8-5-2)51-56(61)58-54(52-59)55(60)49-46-43-40-37-21-18-15-12-9-6-3/h16-17,19-20,24-26,28-30,34,36,42,45,53-55,59-60H,4-15,18,21-23,27,31-33,35,37-41,43-44,46-52H2,1-3H3,(H,58,61)/b19-16-,20-17-,26-24-,29-28-,30-25-,36-34-,45-42-. The van der Waals surface area contributed by atoms with E-state index in [9.17, 15) is 19.8 Å². The summed E-state index contributed by atoms with van der Waals surface area (Å²) in [4.78, 5) is 26.1. The molecule has 0 rings (SSSR count). The molecule has 3 unspecified atom stereocenters. The summed E-state index contributed by atoms with van der Waals surface area (Å²) in [7, 11) is 0. The van der Waals surface area contributed by atoms with E-state index < -0.39 is 18.2 Å². The molecule has 0 fully saturated rings. The number of aliphatic hydroxyl groups excluding tert-OH is 2. The van der Waals surface area contributed by atoms with Gasteiger partial charge < -0.3 is 20.3 Å². The first-order valence-corrected chi connectivity index (χ1v) is 26.3. The molecule has 0 aliphatic rings. The highest BCUT2D eigenvalue weighted by atomic mass is 16.5. The lowest BCUT2D eigenvalue weighted by Gasteiger charge is -2.24. The molecule has 63 heavy (non-hydrogen) atoms. The van der Waals surface area contributed by atoms with Crippen LogP contribution in [0.2, 0.25) is 0 Å². The molecule has 0 aromatic rings. The van der Waals surface area contributed by atoms with Gasteiger partial charge in [0.05, 0.1) is 25.2 Å². The predicted molar refractivity (Wildman–Crippen MR) is 273 cm³/mol. The molecular formula is C57H99NO5. The van der Waals surface area contributed by atoms with E-state index in [-0.39, 0.29) is 24.9 Å². The fourth-order valence-corrected chi connectivity index (χ4v) is 7.42. The van der Waals surface area contributed by atoms with Crippen molar-refractivity contribution in [2.45, 2.75) is 257 Å². The second-order valence-electron chi connectivity index (χ2n) is 17.6. The first-order chi connectivity index (χ1) is 31.0. The van der Waals surface area contributed by atoms with Gasteiger partial charge in [-0.1, -0.05) is 221 Å². The van der Waals surface area contributed by atoms with Crippen molar-refractivity contribution in [2.75, 3.05) is 6.61 Å². The summed E-state index contributed by atoms with van der Waals surface area (Å²) in [5.74, 6) is -0.595. The van der Waals surface area contributed by atoms with Crippen LogP contribution in [0.3, 0.4) is 0 Å². The lowest BCUT2D eigenvalue weighted by Crippen LogP contribution is -2.46. The lowest BCUT2D eigenvalue weighted by atomic mass is 10.0. The van der Waals surface area contributed by atoms with E-state index in [2.05, 4.69) is 99.0 Å². The number of carbonyl (C=O) groups is 2. The maximum Gasteiger partial charge on any atom is 0.306 e. The van der Waals surface area contributed by atoms with Crippen molar-refractivity contribution in [3.63, 3.8) is 0 Å². The maximum atomic E-state index is 13.2. The monoisotopic (exact) mass is 878 g/mol. The molecule has 0 bridgehead atoms. The number of allylic oxidation sites excluding steroid dienone is 13. The number of esters is 1. The van der Waals surface area contributed by atoms with Gasteiger partial charge in [0.15, 0.2) is 0 Å². The Bertz CT molecular complexity index is 1210. The van der Waals surface area contributed by atoms with Crippen LogP contribution in [0.25, 0.3) is 0 Å². The Morgan fingerprint density at radius 2 is 0.841 bits per heavy atom. The van der Waals surface area contributed by atoms with Gasteiger partial charge in [-0.2, -0.15) is 0 Å². The van der Waals surface area contributed by atoms with Crippen LogP contribution in [0.15, 0.2) is 85.1 Å². The molecule has 0 radical (unpaired) electrons. The Kier molecular flexibility index (Phi) is 47.7. The van der Waals surface area contributed by atoms with Crippen molar-refractivity contribution < 1.29 is 24.5 Å². The molecule has 0 aromatic heterocycles. The van der Waals surface area contributed by atoms with Gasteiger partial charge in [0, 0.05) is 12.8 Å². The minimum absolute atomic E-state index is 0.00743. The third-order valence-electron chi connectivity index (χ3n) is 11.4. The number of unbranched alkanes of at least 4 members (excludes halogenated alkanes) is 21. The van der Waals surface area contributed by atoms with E-state index in [0.717, 1.165) is 77.0 Å². The fourth-order valence-electron chi connectivity index (χ4n) is 7.42. The molecule has 0 saturated carbocycles. The summed E-state index contributed by atoms with van der Waals surface area (Å²) < 4.78 is 5.87. The molecule has 3 N–H and O–H groups in total. The lowest BCUT2D eigenvalue weighted by molar-refractivity contribution is -0.150. The number of aliphatic hydroxyl groups is 2. The highest BCUT2D eigenvalue weighted by Gasteiger charge is 2.23.